The fraction of sp³-hybridized carbons (Fsp3) is 0.706. The highest BCUT2D eigenvalue weighted by atomic mass is 16.5. The maximum atomic E-state index is 12.5. The average molecular weight is 316 g/mol. The highest BCUT2D eigenvalue weighted by molar-refractivity contribution is 5.80. The van der Waals surface area contributed by atoms with Crippen molar-refractivity contribution in [1.29, 1.82) is 0 Å². The molecule has 0 aromatic carbocycles. The van der Waals surface area contributed by atoms with Gasteiger partial charge in [0, 0.05) is 31.5 Å². The average Bonchev–Trinajstić information content (AvgIpc) is 2.85. The van der Waals surface area contributed by atoms with Crippen LogP contribution >= 0.6 is 0 Å². The van der Waals surface area contributed by atoms with E-state index in [1.54, 1.807) is 0 Å². The smallest absolute Gasteiger partial charge is 0.226 e. The number of morpholine rings is 1. The van der Waals surface area contributed by atoms with E-state index in [4.69, 9.17) is 4.74 Å². The summed E-state index contributed by atoms with van der Waals surface area (Å²) in [5.41, 5.74) is 1.14. The summed E-state index contributed by atoms with van der Waals surface area (Å²) in [4.78, 5) is 23.6. The molecule has 3 heterocycles. The normalized spacial score (nSPS) is 30.1. The number of hydrogen-bond acceptors (Lipinski definition) is 5. The number of anilines is 1. The highest BCUT2D eigenvalue weighted by Crippen LogP contribution is 2.33. The number of fused-ring (bicyclic) bond motifs is 2. The first-order valence-corrected chi connectivity index (χ1v) is 8.74. The van der Waals surface area contributed by atoms with Crippen molar-refractivity contribution < 1.29 is 9.53 Å². The monoisotopic (exact) mass is 316 g/mol. The minimum Gasteiger partial charge on any atom is -0.370 e. The van der Waals surface area contributed by atoms with Crippen molar-refractivity contribution in [3.8, 4) is 0 Å². The summed E-state index contributed by atoms with van der Waals surface area (Å²) >= 11 is 0. The minimum absolute atomic E-state index is 0.0273. The third-order valence-electron chi connectivity index (χ3n) is 5.33. The molecule has 3 fully saturated rings. The van der Waals surface area contributed by atoms with Crippen molar-refractivity contribution in [1.82, 2.24) is 15.3 Å². The SMILES string of the molecule is CCc1cnc(N2C[C@H]3C[C@H](C(=O)NC4CCC4)[C@@H](C2)O3)nc1. The van der Waals surface area contributed by atoms with Gasteiger partial charge in [-0.15, -0.1) is 0 Å². The fourth-order valence-electron chi connectivity index (χ4n) is 3.65. The Balaban J connectivity index is 1.41. The van der Waals surface area contributed by atoms with Crippen LogP contribution < -0.4 is 10.2 Å². The first-order chi connectivity index (χ1) is 11.2. The summed E-state index contributed by atoms with van der Waals surface area (Å²) in [7, 11) is 0. The van der Waals surface area contributed by atoms with E-state index in [0.29, 0.717) is 12.6 Å². The lowest BCUT2D eigenvalue weighted by Crippen LogP contribution is -2.48. The van der Waals surface area contributed by atoms with Gasteiger partial charge in [-0.25, -0.2) is 9.97 Å². The summed E-state index contributed by atoms with van der Waals surface area (Å²) in [6.45, 7) is 3.57. The number of amides is 1. The lowest BCUT2D eigenvalue weighted by Gasteiger charge is -2.33. The molecule has 23 heavy (non-hydrogen) atoms. The van der Waals surface area contributed by atoms with Crippen LogP contribution in [0.2, 0.25) is 0 Å². The molecule has 1 aromatic heterocycles. The molecule has 1 aromatic rings. The second-order valence-corrected chi connectivity index (χ2v) is 6.93. The van der Waals surface area contributed by atoms with E-state index in [9.17, 15) is 4.79 Å². The Morgan fingerprint density at radius 1 is 1.35 bits per heavy atom. The molecule has 1 amide bonds. The van der Waals surface area contributed by atoms with Gasteiger partial charge in [0.05, 0.1) is 18.1 Å². The largest absolute Gasteiger partial charge is 0.370 e. The summed E-state index contributed by atoms with van der Waals surface area (Å²) in [6, 6.07) is 0.393. The van der Waals surface area contributed by atoms with Gasteiger partial charge in [0.25, 0.3) is 0 Å². The molecule has 1 aliphatic carbocycles. The third kappa shape index (κ3) is 2.92. The predicted octanol–water partition coefficient (Wildman–Crippen LogP) is 1.30. The number of rotatable bonds is 4. The second kappa shape index (κ2) is 6.07. The number of carbonyl (C=O) groups is 1. The van der Waals surface area contributed by atoms with E-state index < -0.39 is 0 Å². The standard InChI is InChI=1S/C17H24N4O2/c1-2-11-7-18-17(19-8-11)21-9-13-6-14(15(10-21)23-13)16(22)20-12-4-3-5-12/h7-8,12-15H,2-6,9-10H2,1H3,(H,20,22)/t13-,14+,15-/m1/s1. The lowest BCUT2D eigenvalue weighted by atomic mass is 9.91. The van der Waals surface area contributed by atoms with Crippen LogP contribution in [0.3, 0.4) is 0 Å². The molecule has 3 aliphatic rings. The lowest BCUT2D eigenvalue weighted by molar-refractivity contribution is -0.128. The zero-order chi connectivity index (χ0) is 15.8. The van der Waals surface area contributed by atoms with Crippen LogP contribution in [0.25, 0.3) is 0 Å². The first kappa shape index (κ1) is 14.9. The summed E-state index contributed by atoms with van der Waals surface area (Å²) in [6.07, 6.45) is 9.08. The van der Waals surface area contributed by atoms with Crippen LogP contribution in [0, 0.1) is 5.92 Å². The Morgan fingerprint density at radius 2 is 2.13 bits per heavy atom. The number of aryl methyl sites for hydroxylation is 1. The van der Waals surface area contributed by atoms with Gasteiger partial charge in [0.2, 0.25) is 11.9 Å². The Bertz CT molecular complexity index is 572. The van der Waals surface area contributed by atoms with Gasteiger partial charge in [-0.05, 0) is 37.7 Å². The van der Waals surface area contributed by atoms with E-state index >= 15 is 0 Å². The molecule has 6 nitrogen and oxygen atoms in total. The number of ether oxygens (including phenoxy) is 1. The fourth-order valence-corrected chi connectivity index (χ4v) is 3.65. The molecule has 2 saturated heterocycles. The number of nitrogens with one attached hydrogen (secondary N) is 1. The van der Waals surface area contributed by atoms with Crippen molar-refractivity contribution in [3.05, 3.63) is 18.0 Å². The van der Waals surface area contributed by atoms with E-state index in [2.05, 4.69) is 27.1 Å². The molecule has 0 spiro atoms. The molecular weight excluding hydrogens is 292 g/mol. The van der Waals surface area contributed by atoms with Crippen molar-refractivity contribution in [2.75, 3.05) is 18.0 Å². The topological polar surface area (TPSA) is 67.4 Å². The number of hydrogen-bond donors (Lipinski definition) is 1. The second-order valence-electron chi connectivity index (χ2n) is 6.93. The van der Waals surface area contributed by atoms with Gasteiger partial charge >= 0.3 is 0 Å². The van der Waals surface area contributed by atoms with Gasteiger partial charge in [-0.2, -0.15) is 0 Å². The molecular formula is C17H24N4O2. The van der Waals surface area contributed by atoms with E-state index in [-0.39, 0.29) is 24.0 Å². The van der Waals surface area contributed by atoms with Gasteiger partial charge in [-0.3, -0.25) is 4.79 Å². The zero-order valence-electron chi connectivity index (χ0n) is 13.6. The van der Waals surface area contributed by atoms with E-state index in [1.165, 1.54) is 6.42 Å². The van der Waals surface area contributed by atoms with Gasteiger partial charge in [-0.1, -0.05) is 6.92 Å². The molecule has 124 valence electrons. The summed E-state index contributed by atoms with van der Waals surface area (Å²) < 4.78 is 6.00. The van der Waals surface area contributed by atoms with Crippen LogP contribution in [-0.2, 0) is 16.0 Å². The number of aromatic nitrogens is 2. The van der Waals surface area contributed by atoms with E-state index in [1.807, 2.05) is 12.4 Å². The molecule has 6 heteroatoms. The maximum absolute atomic E-state index is 12.5. The highest BCUT2D eigenvalue weighted by Gasteiger charge is 2.45. The van der Waals surface area contributed by atoms with Gasteiger partial charge < -0.3 is 15.0 Å². The predicted molar refractivity (Wildman–Crippen MR) is 86.2 cm³/mol. The molecule has 2 aliphatic heterocycles. The quantitative estimate of drug-likeness (QED) is 0.907. The molecule has 4 rings (SSSR count). The number of nitrogens with zero attached hydrogens (tertiary/aromatic N) is 3. The number of carbonyl (C=O) groups excluding carboxylic acids is 1. The molecule has 0 unspecified atom stereocenters. The van der Waals surface area contributed by atoms with Crippen LogP contribution in [0.5, 0.6) is 0 Å². The summed E-state index contributed by atoms with van der Waals surface area (Å²) in [5.74, 6) is 0.896. The van der Waals surface area contributed by atoms with Crippen molar-refractivity contribution in [2.24, 2.45) is 5.92 Å². The van der Waals surface area contributed by atoms with Crippen LogP contribution in [0.4, 0.5) is 5.95 Å². The van der Waals surface area contributed by atoms with Crippen molar-refractivity contribution >= 4 is 11.9 Å². The van der Waals surface area contributed by atoms with Crippen LogP contribution in [0.15, 0.2) is 12.4 Å². The van der Waals surface area contributed by atoms with Gasteiger partial charge in [0.15, 0.2) is 0 Å². The van der Waals surface area contributed by atoms with Gasteiger partial charge in [0.1, 0.15) is 0 Å². The Kier molecular flexibility index (Phi) is 3.93. The Morgan fingerprint density at radius 3 is 2.78 bits per heavy atom. The van der Waals surface area contributed by atoms with Crippen molar-refractivity contribution in [2.45, 2.75) is 57.3 Å². The Labute approximate surface area is 136 Å². The van der Waals surface area contributed by atoms with Crippen molar-refractivity contribution in [3.63, 3.8) is 0 Å². The molecule has 1 saturated carbocycles. The first-order valence-electron chi connectivity index (χ1n) is 8.74. The van der Waals surface area contributed by atoms with Crippen LogP contribution in [0.1, 0.15) is 38.2 Å². The molecule has 2 bridgehead atoms. The molecule has 1 N–H and O–H groups in total. The van der Waals surface area contributed by atoms with Crippen LogP contribution in [-0.4, -0.2) is 47.2 Å². The molecule has 3 atom stereocenters. The van der Waals surface area contributed by atoms with E-state index in [0.717, 1.165) is 43.7 Å². The maximum Gasteiger partial charge on any atom is 0.226 e. The molecule has 0 radical (unpaired) electrons. The Hall–Kier alpha value is -1.69. The third-order valence-corrected chi connectivity index (χ3v) is 5.33. The summed E-state index contributed by atoms with van der Waals surface area (Å²) in [5, 5.41) is 3.17. The minimum atomic E-state index is -0.0386. The zero-order valence-corrected chi connectivity index (χ0v) is 13.6.